The number of nitrogens with one attached hydrogen (secondary N) is 2. The highest BCUT2D eigenvalue weighted by Gasteiger charge is 2.16. The van der Waals surface area contributed by atoms with E-state index in [1.54, 1.807) is 30.3 Å². The van der Waals surface area contributed by atoms with Gasteiger partial charge in [-0.25, -0.2) is 14.2 Å². The Hall–Kier alpha value is -3.56. The minimum atomic E-state index is -0.908. The van der Waals surface area contributed by atoms with Gasteiger partial charge >= 0.3 is 6.03 Å². The topological polar surface area (TPSA) is 93.1 Å². The van der Waals surface area contributed by atoms with Gasteiger partial charge < -0.3 is 5.32 Å². The van der Waals surface area contributed by atoms with Crippen molar-refractivity contribution < 1.29 is 14.0 Å². The lowest BCUT2D eigenvalue weighted by atomic mass is 10.1. The number of benzene rings is 2. The molecule has 0 aliphatic heterocycles. The molecule has 2 aromatic heterocycles. The quantitative estimate of drug-likeness (QED) is 0.479. The summed E-state index contributed by atoms with van der Waals surface area (Å²) in [4.78, 5) is 42.0. The van der Waals surface area contributed by atoms with Crippen LogP contribution in [0.4, 0.5) is 14.9 Å². The van der Waals surface area contributed by atoms with Gasteiger partial charge in [-0.1, -0.05) is 35.9 Å². The first-order valence-corrected chi connectivity index (χ1v) is 10.3. The van der Waals surface area contributed by atoms with E-state index in [4.69, 9.17) is 11.6 Å². The van der Waals surface area contributed by atoms with Gasteiger partial charge in [-0.05, 0) is 29.8 Å². The van der Waals surface area contributed by atoms with Crippen molar-refractivity contribution in [2.45, 2.75) is 6.54 Å². The summed E-state index contributed by atoms with van der Waals surface area (Å²) in [7, 11) is 0. The predicted molar refractivity (Wildman–Crippen MR) is 118 cm³/mol. The van der Waals surface area contributed by atoms with E-state index >= 15 is 0 Å². The molecular weight excluding hydrogens is 443 g/mol. The van der Waals surface area contributed by atoms with Crippen LogP contribution in [-0.2, 0) is 11.3 Å². The number of halogens is 2. The monoisotopic (exact) mass is 456 g/mol. The van der Waals surface area contributed by atoms with Gasteiger partial charge in [0.25, 0.3) is 5.56 Å². The van der Waals surface area contributed by atoms with Crippen LogP contribution in [0.2, 0.25) is 5.02 Å². The molecule has 0 atom stereocenters. The van der Waals surface area contributed by atoms with Gasteiger partial charge in [0.15, 0.2) is 0 Å². The molecule has 0 aliphatic rings. The number of hydrogen-bond acceptors (Lipinski definition) is 5. The maximum Gasteiger partial charge on any atom is 0.326 e. The Balaban J connectivity index is 1.54. The Morgan fingerprint density at radius 3 is 2.61 bits per heavy atom. The molecular formula is C21H14ClFN4O3S. The van der Waals surface area contributed by atoms with Crippen molar-refractivity contribution in [2.24, 2.45) is 0 Å². The lowest BCUT2D eigenvalue weighted by Crippen LogP contribution is -2.38. The molecule has 156 valence electrons. The Bertz CT molecular complexity index is 1350. The van der Waals surface area contributed by atoms with E-state index in [9.17, 15) is 18.8 Å². The minimum Gasteiger partial charge on any atom is -0.305 e. The van der Waals surface area contributed by atoms with Gasteiger partial charge in [0, 0.05) is 16.0 Å². The van der Waals surface area contributed by atoms with Crippen molar-refractivity contribution in [1.82, 2.24) is 14.9 Å². The van der Waals surface area contributed by atoms with E-state index in [1.807, 2.05) is 5.38 Å². The predicted octanol–water partition coefficient (Wildman–Crippen LogP) is 4.27. The Kier molecular flexibility index (Phi) is 5.79. The van der Waals surface area contributed by atoms with Crippen molar-refractivity contribution in [1.29, 1.82) is 0 Å². The summed E-state index contributed by atoms with van der Waals surface area (Å²) in [5.41, 5.74) is 0.988. The molecule has 3 amide bonds. The highest BCUT2D eigenvalue weighted by molar-refractivity contribution is 7.17. The highest BCUT2D eigenvalue weighted by Crippen LogP contribution is 2.31. The Labute approximate surface area is 184 Å². The number of thiophene rings is 1. The molecule has 0 radical (unpaired) electrons. The lowest BCUT2D eigenvalue weighted by molar-refractivity contribution is -0.120. The molecule has 2 aromatic carbocycles. The van der Waals surface area contributed by atoms with Crippen LogP contribution in [0.5, 0.6) is 0 Å². The summed E-state index contributed by atoms with van der Waals surface area (Å²) < 4.78 is 14.7. The number of urea groups is 1. The normalized spacial score (nSPS) is 10.8. The first-order chi connectivity index (χ1) is 14.9. The molecule has 4 aromatic rings. The first-order valence-electron chi connectivity index (χ1n) is 9.00. The fourth-order valence-electron chi connectivity index (χ4n) is 2.96. The first kappa shape index (κ1) is 20.7. The molecule has 31 heavy (non-hydrogen) atoms. The average Bonchev–Trinajstić information content (AvgIpc) is 3.17. The van der Waals surface area contributed by atoms with Crippen LogP contribution in [0, 0.1) is 5.82 Å². The van der Waals surface area contributed by atoms with Gasteiger partial charge in [0.1, 0.15) is 17.2 Å². The van der Waals surface area contributed by atoms with Crippen molar-refractivity contribution in [2.75, 3.05) is 5.32 Å². The third-order valence-corrected chi connectivity index (χ3v) is 5.54. The molecule has 7 nitrogen and oxygen atoms in total. The fraction of sp³-hybridized carbons (Fsp3) is 0.0476. The van der Waals surface area contributed by atoms with Crippen LogP contribution in [-0.4, -0.2) is 21.5 Å². The number of nitrogens with zero attached hydrogens (tertiary/aromatic N) is 2. The summed E-state index contributed by atoms with van der Waals surface area (Å²) in [6, 6.07) is 11.7. The largest absolute Gasteiger partial charge is 0.326 e. The number of fused-ring (bicyclic) bond motifs is 1. The zero-order valence-corrected chi connectivity index (χ0v) is 17.3. The molecule has 4 rings (SSSR count). The van der Waals surface area contributed by atoms with Gasteiger partial charge in [0.2, 0.25) is 5.91 Å². The molecule has 0 saturated heterocycles. The van der Waals surface area contributed by atoms with Crippen molar-refractivity contribution >= 4 is 50.8 Å². The van der Waals surface area contributed by atoms with Crippen LogP contribution in [0.3, 0.4) is 0 Å². The molecule has 0 bridgehead atoms. The fourth-order valence-corrected chi connectivity index (χ4v) is 3.99. The third kappa shape index (κ3) is 4.47. The Morgan fingerprint density at radius 2 is 1.87 bits per heavy atom. The zero-order chi connectivity index (χ0) is 22.0. The molecule has 0 aliphatic carbocycles. The summed E-state index contributed by atoms with van der Waals surface area (Å²) >= 11 is 7.24. The number of carbonyl (C=O) groups is 2. The van der Waals surface area contributed by atoms with Crippen molar-refractivity contribution in [3.05, 3.63) is 81.4 Å². The number of para-hydroxylation sites is 1. The molecule has 2 N–H and O–H groups in total. The van der Waals surface area contributed by atoms with Gasteiger partial charge in [0.05, 0.1) is 17.4 Å². The molecule has 0 unspecified atom stereocenters. The lowest BCUT2D eigenvalue weighted by Gasteiger charge is -2.09. The van der Waals surface area contributed by atoms with Crippen LogP contribution in [0.15, 0.2) is 65.0 Å². The molecule has 0 fully saturated rings. The van der Waals surface area contributed by atoms with Crippen LogP contribution < -0.4 is 16.2 Å². The molecule has 2 heterocycles. The van der Waals surface area contributed by atoms with Crippen LogP contribution in [0.25, 0.3) is 21.3 Å². The number of hydrogen-bond donors (Lipinski definition) is 2. The summed E-state index contributed by atoms with van der Waals surface area (Å²) in [6.07, 6.45) is 1.25. The number of rotatable bonds is 4. The van der Waals surface area contributed by atoms with E-state index in [0.717, 1.165) is 10.1 Å². The smallest absolute Gasteiger partial charge is 0.305 e. The number of anilines is 1. The number of carbonyl (C=O) groups excluding carboxylic acids is 2. The van der Waals surface area contributed by atoms with Crippen LogP contribution >= 0.6 is 22.9 Å². The minimum absolute atomic E-state index is 0.0704. The van der Waals surface area contributed by atoms with Gasteiger partial charge in [-0.3, -0.25) is 19.5 Å². The summed E-state index contributed by atoms with van der Waals surface area (Å²) in [5, 5.41) is 7.08. The number of aromatic nitrogens is 2. The van der Waals surface area contributed by atoms with Crippen molar-refractivity contribution in [3.63, 3.8) is 0 Å². The second-order valence-electron chi connectivity index (χ2n) is 6.50. The standard InChI is InChI=1S/C21H14ClFN4O3S/c22-13-7-5-12(6-8-13)14-10-31-19-18(14)20(29)27(11-24-19)9-17(28)26-21(30)25-16-4-2-1-3-15(16)23/h1-8,10-11H,9H2,(H2,25,26,28,30). The van der Waals surface area contributed by atoms with E-state index in [-0.39, 0.29) is 5.69 Å². The maximum absolute atomic E-state index is 13.6. The number of imide groups is 1. The van der Waals surface area contributed by atoms with E-state index in [1.165, 1.54) is 35.9 Å². The molecule has 0 saturated carbocycles. The van der Waals surface area contributed by atoms with Crippen LogP contribution in [0.1, 0.15) is 0 Å². The molecule has 0 spiro atoms. The average molecular weight is 457 g/mol. The summed E-state index contributed by atoms with van der Waals surface area (Å²) in [6.45, 7) is -0.428. The SMILES string of the molecule is O=C(Cn1cnc2scc(-c3ccc(Cl)cc3)c2c1=O)NC(=O)Nc1ccccc1F. The highest BCUT2D eigenvalue weighted by atomic mass is 35.5. The third-order valence-electron chi connectivity index (χ3n) is 4.40. The zero-order valence-electron chi connectivity index (χ0n) is 15.8. The van der Waals surface area contributed by atoms with Crippen molar-refractivity contribution in [3.8, 4) is 11.1 Å². The second kappa shape index (κ2) is 8.66. The number of amides is 3. The maximum atomic E-state index is 13.6. The summed E-state index contributed by atoms with van der Waals surface area (Å²) in [5.74, 6) is -1.39. The Morgan fingerprint density at radius 1 is 1.13 bits per heavy atom. The van der Waals surface area contributed by atoms with Gasteiger partial charge in [-0.15, -0.1) is 11.3 Å². The van der Waals surface area contributed by atoms with E-state index in [2.05, 4.69) is 15.6 Å². The molecule has 10 heteroatoms. The van der Waals surface area contributed by atoms with E-state index < -0.39 is 29.9 Å². The second-order valence-corrected chi connectivity index (χ2v) is 7.79. The van der Waals surface area contributed by atoms with E-state index in [0.29, 0.717) is 20.8 Å². The van der Waals surface area contributed by atoms with Gasteiger partial charge in [-0.2, -0.15) is 0 Å².